The first-order valence-electron chi connectivity index (χ1n) is 10.3. The molecule has 0 atom stereocenters. The van der Waals surface area contributed by atoms with Crippen molar-refractivity contribution in [2.24, 2.45) is 0 Å². The van der Waals surface area contributed by atoms with Gasteiger partial charge in [0.05, 0.1) is 0 Å². The molecular weight excluding hydrogens is 451 g/mol. The van der Waals surface area contributed by atoms with Crippen LogP contribution in [0, 0.1) is 13.8 Å². The summed E-state index contributed by atoms with van der Waals surface area (Å²) >= 11 is 0.0670. The Labute approximate surface area is 191 Å². The SMILES string of the molecule is COc1ccc([Se]C(CCOC(C)=O)=C(c2ccc(C)cc2)c2ccc(C)cc2)cc1. The molecule has 3 rings (SSSR count). The van der Waals surface area contributed by atoms with Gasteiger partial charge in [-0.05, 0) is 0 Å². The van der Waals surface area contributed by atoms with E-state index in [2.05, 4.69) is 74.5 Å². The van der Waals surface area contributed by atoms with Gasteiger partial charge >= 0.3 is 191 Å². The maximum atomic E-state index is 11.4. The van der Waals surface area contributed by atoms with Crippen molar-refractivity contribution in [2.45, 2.75) is 27.2 Å². The van der Waals surface area contributed by atoms with Crippen LogP contribution in [0.3, 0.4) is 0 Å². The fourth-order valence-electron chi connectivity index (χ4n) is 3.23. The molecule has 3 nitrogen and oxygen atoms in total. The van der Waals surface area contributed by atoms with Gasteiger partial charge in [-0.2, -0.15) is 0 Å². The van der Waals surface area contributed by atoms with Crippen LogP contribution < -0.4 is 9.20 Å². The van der Waals surface area contributed by atoms with Crippen molar-refractivity contribution in [1.29, 1.82) is 0 Å². The molecule has 0 bridgehead atoms. The molecule has 0 amide bonds. The number of carbonyl (C=O) groups excluding carboxylic acids is 1. The Morgan fingerprint density at radius 2 is 1.32 bits per heavy atom. The molecule has 160 valence electrons. The standard InChI is InChI=1S/C27H28O3Se/c1-19-5-9-22(10-6-19)27(23-11-7-20(2)8-12-23)26(17-18-30-21(3)28)31-25-15-13-24(29-4)14-16-25/h5-16H,17-18H2,1-4H3. The fourth-order valence-corrected chi connectivity index (χ4v) is 5.50. The van der Waals surface area contributed by atoms with E-state index in [1.54, 1.807) is 7.11 Å². The van der Waals surface area contributed by atoms with Crippen LogP contribution in [0.15, 0.2) is 77.3 Å². The minimum absolute atomic E-state index is 0.0670. The number of esters is 1. The van der Waals surface area contributed by atoms with Gasteiger partial charge in [0, 0.05) is 0 Å². The molecular formula is C27H28O3Se. The Bertz CT molecular complexity index is 986. The second-order valence-electron chi connectivity index (χ2n) is 7.40. The summed E-state index contributed by atoms with van der Waals surface area (Å²) in [6, 6.07) is 25.5. The van der Waals surface area contributed by atoms with Gasteiger partial charge in [-0.15, -0.1) is 0 Å². The Hall–Kier alpha value is -2.81. The molecule has 0 unspecified atom stereocenters. The van der Waals surface area contributed by atoms with E-state index in [1.165, 1.54) is 43.7 Å². The Balaban J connectivity index is 2.10. The summed E-state index contributed by atoms with van der Waals surface area (Å²) in [5.41, 5.74) is 6.05. The molecule has 0 aliphatic heterocycles. The first kappa shape index (κ1) is 22.9. The third-order valence-corrected chi connectivity index (χ3v) is 7.33. The third kappa shape index (κ3) is 6.58. The van der Waals surface area contributed by atoms with Crippen LogP contribution in [0.5, 0.6) is 5.75 Å². The van der Waals surface area contributed by atoms with Crippen molar-refractivity contribution in [1.82, 2.24) is 0 Å². The third-order valence-electron chi connectivity index (χ3n) is 4.89. The van der Waals surface area contributed by atoms with Gasteiger partial charge in [-0.25, -0.2) is 0 Å². The molecule has 0 heterocycles. The van der Waals surface area contributed by atoms with Gasteiger partial charge in [0.1, 0.15) is 0 Å². The molecule has 0 radical (unpaired) electrons. The van der Waals surface area contributed by atoms with Crippen LogP contribution in [-0.4, -0.2) is 34.6 Å². The van der Waals surface area contributed by atoms with Gasteiger partial charge in [0.25, 0.3) is 0 Å². The van der Waals surface area contributed by atoms with Gasteiger partial charge in [0.2, 0.25) is 0 Å². The zero-order valence-corrected chi connectivity index (χ0v) is 20.2. The van der Waals surface area contributed by atoms with Crippen LogP contribution in [-0.2, 0) is 9.53 Å². The first-order valence-corrected chi connectivity index (χ1v) is 12.0. The van der Waals surface area contributed by atoms with E-state index in [0.717, 1.165) is 5.75 Å². The summed E-state index contributed by atoms with van der Waals surface area (Å²) in [5.74, 6) is 0.603. The van der Waals surface area contributed by atoms with E-state index < -0.39 is 0 Å². The summed E-state index contributed by atoms with van der Waals surface area (Å²) in [4.78, 5) is 11.4. The molecule has 0 aliphatic rings. The van der Waals surface area contributed by atoms with Gasteiger partial charge in [0.15, 0.2) is 0 Å². The summed E-state index contributed by atoms with van der Waals surface area (Å²) in [6.45, 7) is 6.03. The van der Waals surface area contributed by atoms with Crippen molar-refractivity contribution < 1.29 is 14.3 Å². The molecule has 31 heavy (non-hydrogen) atoms. The molecule has 3 aromatic carbocycles. The fraction of sp³-hybridized carbons (Fsp3) is 0.222. The number of carbonyl (C=O) groups is 1. The van der Waals surface area contributed by atoms with Crippen LogP contribution in [0.25, 0.3) is 5.57 Å². The van der Waals surface area contributed by atoms with E-state index in [9.17, 15) is 4.79 Å². The average Bonchev–Trinajstić information content (AvgIpc) is 2.76. The van der Waals surface area contributed by atoms with Crippen molar-refractivity contribution >= 4 is 31.0 Å². The predicted molar refractivity (Wildman–Crippen MR) is 128 cm³/mol. The zero-order valence-electron chi connectivity index (χ0n) is 18.5. The normalized spacial score (nSPS) is 10.5. The van der Waals surface area contributed by atoms with Crippen molar-refractivity contribution in [3.8, 4) is 5.75 Å². The Kier molecular flexibility index (Phi) is 8.11. The summed E-state index contributed by atoms with van der Waals surface area (Å²) in [6.07, 6.45) is 0.697. The quantitative estimate of drug-likeness (QED) is 0.335. The van der Waals surface area contributed by atoms with Crippen LogP contribution in [0.4, 0.5) is 0 Å². The second-order valence-corrected chi connectivity index (χ2v) is 9.85. The first-order chi connectivity index (χ1) is 15.0. The number of aryl methyl sites for hydroxylation is 2. The van der Waals surface area contributed by atoms with Crippen molar-refractivity contribution in [3.63, 3.8) is 0 Å². The number of benzene rings is 3. The van der Waals surface area contributed by atoms with E-state index in [4.69, 9.17) is 9.47 Å². The number of ether oxygens (including phenoxy) is 2. The summed E-state index contributed by atoms with van der Waals surface area (Å²) < 4.78 is 13.2. The Morgan fingerprint density at radius 3 is 1.77 bits per heavy atom. The second kappa shape index (κ2) is 11.0. The molecule has 0 saturated carbocycles. The molecule has 4 heteroatoms. The van der Waals surface area contributed by atoms with E-state index in [-0.39, 0.29) is 20.9 Å². The molecule has 3 aromatic rings. The van der Waals surface area contributed by atoms with Crippen LogP contribution in [0.1, 0.15) is 35.6 Å². The minimum atomic E-state index is -0.247. The van der Waals surface area contributed by atoms with Crippen molar-refractivity contribution in [2.75, 3.05) is 13.7 Å². The number of hydrogen-bond acceptors (Lipinski definition) is 3. The van der Waals surface area contributed by atoms with E-state index in [0.29, 0.717) is 13.0 Å². The maximum absolute atomic E-state index is 11.4. The molecule has 0 aromatic heterocycles. The number of hydrogen-bond donors (Lipinski definition) is 0. The Morgan fingerprint density at radius 1 is 0.806 bits per heavy atom. The molecule has 0 N–H and O–H groups in total. The van der Waals surface area contributed by atoms with E-state index >= 15 is 0 Å². The van der Waals surface area contributed by atoms with Crippen molar-refractivity contribution in [3.05, 3.63) is 99.5 Å². The molecule has 0 fully saturated rings. The summed E-state index contributed by atoms with van der Waals surface area (Å²) in [5, 5.41) is 0. The van der Waals surface area contributed by atoms with Crippen LogP contribution in [0.2, 0.25) is 0 Å². The van der Waals surface area contributed by atoms with Gasteiger partial charge in [-0.3, -0.25) is 0 Å². The molecule has 0 spiro atoms. The number of methoxy groups -OCH3 is 1. The topological polar surface area (TPSA) is 35.5 Å². The zero-order chi connectivity index (χ0) is 22.2. The number of rotatable bonds is 8. The summed E-state index contributed by atoms with van der Waals surface area (Å²) in [7, 11) is 1.68. The molecule has 0 aliphatic carbocycles. The molecule has 0 saturated heterocycles. The average molecular weight is 479 g/mol. The van der Waals surface area contributed by atoms with Gasteiger partial charge < -0.3 is 0 Å². The van der Waals surface area contributed by atoms with Crippen LogP contribution >= 0.6 is 0 Å². The monoisotopic (exact) mass is 480 g/mol. The predicted octanol–water partition coefficient (Wildman–Crippen LogP) is 5.05. The van der Waals surface area contributed by atoms with Gasteiger partial charge in [-0.1, -0.05) is 0 Å². The van der Waals surface area contributed by atoms with E-state index in [1.807, 2.05) is 12.1 Å².